The number of fused-ring (bicyclic) bond motifs is 10. The smallest absolute Gasteiger partial charge is 0.126 e. The number of methoxy groups -OCH3 is 4. The lowest BCUT2D eigenvalue weighted by molar-refractivity contribution is 0.288. The predicted molar refractivity (Wildman–Crippen MR) is 262 cm³/mol. The van der Waals surface area contributed by atoms with Gasteiger partial charge in [-0.25, -0.2) is 0 Å². The quantitative estimate of drug-likeness (QED) is 0.160. The van der Waals surface area contributed by atoms with E-state index in [1.165, 1.54) is 4.90 Å². The van der Waals surface area contributed by atoms with Gasteiger partial charge >= 0.3 is 0 Å². The van der Waals surface area contributed by atoms with Crippen molar-refractivity contribution in [2.45, 2.75) is 82.2 Å². The van der Waals surface area contributed by atoms with E-state index in [1.54, 1.807) is 28.4 Å². The van der Waals surface area contributed by atoms with Crippen molar-refractivity contribution in [2.75, 3.05) is 28.4 Å². The third kappa shape index (κ3) is 9.30. The maximum atomic E-state index is 7.22. The third-order valence-electron chi connectivity index (χ3n) is 12.5. The summed E-state index contributed by atoms with van der Waals surface area (Å²) in [6.45, 7) is 7.56. The number of hydrogen-bond donors (Lipinski definition) is 0. The van der Waals surface area contributed by atoms with Gasteiger partial charge in [-0.1, -0.05) is 148 Å². The molecule has 65 heavy (non-hydrogen) atoms. The Labute approximate surface area is 388 Å². The highest BCUT2D eigenvalue weighted by Crippen LogP contribution is 2.42. The molecule has 332 valence electrons. The molecular formula is C58H58O6S. The van der Waals surface area contributed by atoms with Crippen molar-refractivity contribution in [3.8, 4) is 34.5 Å². The Morgan fingerprint density at radius 1 is 0.338 bits per heavy atom. The van der Waals surface area contributed by atoms with Gasteiger partial charge in [0.25, 0.3) is 0 Å². The lowest BCUT2D eigenvalue weighted by Crippen LogP contribution is -2.12. The molecule has 7 heteroatoms. The SMILES string of the molecule is COc1c2cccc1Cc1cccc3c1OCc1cccc(c1SC(C)(C)C)COc1c(cccc1Cc1cccc(c1OC)Cc1cccc(c1OC)C3)Cc1cccc(c1OC)C2. The lowest BCUT2D eigenvalue weighted by Gasteiger charge is -2.25. The standard InChI is InChI=1S/C58H58O6S/c1-58(2,3)65-57-49-27-14-28-50(57)36-64-56-47-25-13-26-48(56)34-44-22-11-18-40(54(44)62-7)30-39-17-10-21-43(53(39)61-6)33-46-24-12-23-45(55(46)63-35-49)31-41-19-8-15-37(51(41)59-4)29-38-16-9-20-42(32-47)52(38)60-5/h8-28H,29-36H2,1-7H3. The second kappa shape index (κ2) is 19.0. The number of thioether (sulfide) groups is 1. The topological polar surface area (TPSA) is 55.4 Å². The van der Waals surface area contributed by atoms with E-state index in [1.807, 2.05) is 11.8 Å². The van der Waals surface area contributed by atoms with Crippen LogP contribution in [-0.2, 0) is 51.7 Å². The van der Waals surface area contributed by atoms with Crippen LogP contribution in [0.25, 0.3) is 0 Å². The minimum Gasteiger partial charge on any atom is -0.496 e. The van der Waals surface area contributed by atoms with Crippen molar-refractivity contribution in [2.24, 2.45) is 0 Å². The number of ether oxygens (including phenoxy) is 6. The molecule has 0 atom stereocenters. The van der Waals surface area contributed by atoms with Crippen LogP contribution >= 0.6 is 11.8 Å². The number of hydrogen-bond acceptors (Lipinski definition) is 7. The van der Waals surface area contributed by atoms with E-state index >= 15 is 0 Å². The molecule has 0 fully saturated rings. The van der Waals surface area contributed by atoms with Crippen molar-refractivity contribution in [1.82, 2.24) is 0 Å². The average Bonchev–Trinajstić information content (AvgIpc) is 3.29. The van der Waals surface area contributed by atoms with Crippen LogP contribution in [0.4, 0.5) is 0 Å². The molecular weight excluding hydrogens is 825 g/mol. The Morgan fingerprint density at radius 3 is 0.785 bits per heavy atom. The Balaban J connectivity index is 1.34. The van der Waals surface area contributed by atoms with Crippen LogP contribution in [0, 0.1) is 0 Å². The summed E-state index contributed by atoms with van der Waals surface area (Å²) in [4.78, 5) is 1.18. The number of para-hydroxylation sites is 6. The van der Waals surface area contributed by atoms with Crippen molar-refractivity contribution in [3.63, 3.8) is 0 Å². The molecule has 12 bridgehead atoms. The highest BCUT2D eigenvalue weighted by molar-refractivity contribution is 8.00. The van der Waals surface area contributed by atoms with Crippen LogP contribution in [-0.4, -0.2) is 33.2 Å². The molecule has 0 radical (unpaired) electrons. The van der Waals surface area contributed by atoms with Crippen molar-refractivity contribution in [3.05, 3.63) is 205 Å². The molecule has 0 saturated carbocycles. The summed E-state index contributed by atoms with van der Waals surface area (Å²) in [5, 5.41) is 0. The van der Waals surface area contributed by atoms with E-state index in [-0.39, 0.29) is 4.75 Å². The predicted octanol–water partition coefficient (Wildman–Crippen LogP) is 12.9. The fourth-order valence-electron chi connectivity index (χ4n) is 9.75. The Bertz CT molecular complexity index is 2520. The number of benzene rings is 7. The van der Waals surface area contributed by atoms with E-state index in [2.05, 4.69) is 148 Å². The second-order valence-corrected chi connectivity index (χ2v) is 19.8. The normalized spacial score (nSPS) is 13.6. The maximum absolute atomic E-state index is 7.22. The molecule has 9 rings (SSSR count). The van der Waals surface area contributed by atoms with Crippen molar-refractivity contribution >= 4 is 11.8 Å². The molecule has 0 aromatic heterocycles. The highest BCUT2D eigenvalue weighted by atomic mass is 32.2. The van der Waals surface area contributed by atoms with Crippen LogP contribution < -0.4 is 28.4 Å². The molecule has 7 aromatic rings. The first-order chi connectivity index (χ1) is 31.6. The molecule has 7 aromatic carbocycles. The first-order valence-corrected chi connectivity index (χ1v) is 23.3. The van der Waals surface area contributed by atoms with Crippen LogP contribution in [0.15, 0.2) is 132 Å². The summed E-state index contributed by atoms with van der Waals surface area (Å²) in [6.07, 6.45) is 3.72. The van der Waals surface area contributed by atoms with Gasteiger partial charge in [0, 0.05) is 59.3 Å². The van der Waals surface area contributed by atoms with Crippen molar-refractivity contribution in [1.29, 1.82) is 0 Å². The van der Waals surface area contributed by atoms with E-state index in [0.29, 0.717) is 51.7 Å². The zero-order valence-corrected chi connectivity index (χ0v) is 39.5. The molecule has 6 nitrogen and oxygen atoms in total. The Morgan fingerprint density at radius 2 is 0.554 bits per heavy atom. The molecule has 2 aliphatic heterocycles. The van der Waals surface area contributed by atoms with E-state index < -0.39 is 0 Å². The molecule has 0 aliphatic carbocycles. The molecule has 0 saturated heterocycles. The van der Waals surface area contributed by atoms with Crippen LogP contribution in [0.5, 0.6) is 34.5 Å². The highest BCUT2D eigenvalue weighted by Gasteiger charge is 2.25. The molecule has 0 spiro atoms. The summed E-state index contributed by atoms with van der Waals surface area (Å²) >= 11 is 1.86. The first kappa shape index (κ1) is 43.9. The second-order valence-electron chi connectivity index (χ2n) is 18.0. The summed E-state index contributed by atoms with van der Waals surface area (Å²) < 4.78 is 39.6. The maximum Gasteiger partial charge on any atom is 0.126 e. The average molecular weight is 883 g/mol. The zero-order chi connectivity index (χ0) is 45.1. The minimum absolute atomic E-state index is 0.0786. The van der Waals surface area contributed by atoms with E-state index in [4.69, 9.17) is 28.4 Å². The molecule has 2 aliphatic rings. The first-order valence-electron chi connectivity index (χ1n) is 22.5. The molecule has 0 N–H and O–H groups in total. The summed E-state index contributed by atoms with van der Waals surface area (Å²) in [6, 6.07) is 45.5. The van der Waals surface area contributed by atoms with Gasteiger partial charge in [-0.3, -0.25) is 0 Å². The van der Waals surface area contributed by atoms with Crippen LogP contribution in [0.2, 0.25) is 0 Å². The fraction of sp³-hybridized carbons (Fsp3) is 0.276. The van der Waals surface area contributed by atoms with Gasteiger partial charge in [0.15, 0.2) is 0 Å². The Hall–Kier alpha value is -6.31. The van der Waals surface area contributed by atoms with E-state index in [0.717, 1.165) is 112 Å². The largest absolute Gasteiger partial charge is 0.496 e. The van der Waals surface area contributed by atoms with E-state index in [9.17, 15) is 0 Å². The van der Waals surface area contributed by atoms with Gasteiger partial charge in [-0.2, -0.15) is 0 Å². The van der Waals surface area contributed by atoms with Gasteiger partial charge < -0.3 is 28.4 Å². The zero-order valence-electron chi connectivity index (χ0n) is 38.6. The van der Waals surface area contributed by atoms with Crippen LogP contribution in [0.1, 0.15) is 98.7 Å². The van der Waals surface area contributed by atoms with Crippen LogP contribution in [0.3, 0.4) is 0 Å². The van der Waals surface area contributed by atoms with Gasteiger partial charge in [-0.15, -0.1) is 11.8 Å². The van der Waals surface area contributed by atoms with Gasteiger partial charge in [-0.05, 0) is 66.8 Å². The Kier molecular flexibility index (Phi) is 12.9. The summed E-state index contributed by atoms with van der Waals surface area (Å²) in [5.41, 5.74) is 15.3. The minimum atomic E-state index is -0.0786. The molecule has 0 unspecified atom stereocenters. The van der Waals surface area contributed by atoms with Crippen molar-refractivity contribution < 1.29 is 28.4 Å². The fourth-order valence-corrected chi connectivity index (χ4v) is 10.9. The monoisotopic (exact) mass is 882 g/mol. The lowest BCUT2D eigenvalue weighted by atomic mass is 9.91. The molecule has 2 heterocycles. The van der Waals surface area contributed by atoms with Gasteiger partial charge in [0.1, 0.15) is 47.7 Å². The summed E-state index contributed by atoms with van der Waals surface area (Å²) in [7, 11) is 7.10. The third-order valence-corrected chi connectivity index (χ3v) is 13.8. The van der Waals surface area contributed by atoms with Gasteiger partial charge in [0.05, 0.1) is 28.4 Å². The van der Waals surface area contributed by atoms with Gasteiger partial charge in [0.2, 0.25) is 0 Å². The summed E-state index contributed by atoms with van der Waals surface area (Å²) in [5.74, 6) is 5.21. The number of rotatable bonds is 5. The molecule has 0 amide bonds.